The Kier molecular flexibility index (Phi) is 5.24. The number of urea groups is 1. The van der Waals surface area contributed by atoms with Crippen LogP contribution < -0.4 is 5.32 Å². The SMILES string of the molecule is Cc1cccc(NC(=O)N2Cc3ccccc3-n3cccc3[C@H]2c2ccc(Cl)cc2)c1C. The quantitative estimate of drug-likeness (QED) is 0.361. The number of nitrogens with zero attached hydrogens (tertiary/aromatic N) is 2. The smallest absolute Gasteiger partial charge is 0.318 e. The van der Waals surface area contributed by atoms with Gasteiger partial charge in [0.1, 0.15) is 0 Å². The average molecular weight is 442 g/mol. The predicted octanol–water partition coefficient (Wildman–Crippen LogP) is 6.88. The van der Waals surface area contributed by atoms with Gasteiger partial charge < -0.3 is 14.8 Å². The first kappa shape index (κ1) is 20.4. The molecule has 0 fully saturated rings. The molecule has 32 heavy (non-hydrogen) atoms. The van der Waals surface area contributed by atoms with E-state index in [0.29, 0.717) is 11.6 Å². The van der Waals surface area contributed by atoms with Gasteiger partial charge >= 0.3 is 6.03 Å². The van der Waals surface area contributed by atoms with Crippen molar-refractivity contribution in [2.45, 2.75) is 26.4 Å². The zero-order valence-corrected chi connectivity index (χ0v) is 18.8. The lowest BCUT2D eigenvalue weighted by atomic mass is 10.0. The van der Waals surface area contributed by atoms with Gasteiger partial charge in [0.2, 0.25) is 0 Å². The first-order valence-corrected chi connectivity index (χ1v) is 11.1. The molecule has 0 bridgehead atoms. The van der Waals surface area contributed by atoms with Crippen LogP contribution in [0.15, 0.2) is 85.1 Å². The molecule has 2 amide bonds. The zero-order valence-electron chi connectivity index (χ0n) is 18.0. The van der Waals surface area contributed by atoms with Gasteiger partial charge in [0.15, 0.2) is 0 Å². The van der Waals surface area contributed by atoms with Gasteiger partial charge in [0.05, 0.1) is 18.3 Å². The Bertz CT molecular complexity index is 1290. The number of benzene rings is 3. The van der Waals surface area contributed by atoms with Gasteiger partial charge in [-0.2, -0.15) is 0 Å². The van der Waals surface area contributed by atoms with E-state index in [-0.39, 0.29) is 12.1 Å². The lowest BCUT2D eigenvalue weighted by molar-refractivity contribution is 0.194. The van der Waals surface area contributed by atoms with Crippen LogP contribution in [-0.2, 0) is 6.54 Å². The van der Waals surface area contributed by atoms with Crippen LogP contribution >= 0.6 is 11.6 Å². The van der Waals surface area contributed by atoms with Crippen molar-refractivity contribution in [1.29, 1.82) is 0 Å². The van der Waals surface area contributed by atoms with Crippen LogP contribution in [0.1, 0.15) is 34.0 Å². The monoisotopic (exact) mass is 441 g/mol. The minimum Gasteiger partial charge on any atom is -0.318 e. The molecule has 4 nitrogen and oxygen atoms in total. The van der Waals surface area contributed by atoms with Gasteiger partial charge in [0.25, 0.3) is 0 Å². The Balaban J connectivity index is 1.64. The van der Waals surface area contributed by atoms with E-state index < -0.39 is 0 Å². The molecule has 5 heteroatoms. The Morgan fingerprint density at radius 3 is 2.53 bits per heavy atom. The third kappa shape index (κ3) is 3.57. The van der Waals surface area contributed by atoms with Gasteiger partial charge in [-0.1, -0.05) is 54.1 Å². The van der Waals surface area contributed by atoms with Crippen molar-refractivity contribution in [1.82, 2.24) is 9.47 Å². The van der Waals surface area contributed by atoms with Crippen molar-refractivity contribution in [2.75, 3.05) is 5.32 Å². The van der Waals surface area contributed by atoms with Gasteiger partial charge in [-0.05, 0) is 72.5 Å². The van der Waals surface area contributed by atoms with Crippen LogP contribution in [0.2, 0.25) is 5.02 Å². The molecule has 0 unspecified atom stereocenters. The van der Waals surface area contributed by atoms with E-state index in [4.69, 9.17) is 11.6 Å². The van der Waals surface area contributed by atoms with Crippen molar-refractivity contribution < 1.29 is 4.79 Å². The minimum atomic E-state index is -0.264. The third-order valence-corrected chi connectivity index (χ3v) is 6.51. The largest absolute Gasteiger partial charge is 0.322 e. The van der Waals surface area contributed by atoms with E-state index in [1.807, 2.05) is 66.4 Å². The summed E-state index contributed by atoms with van der Waals surface area (Å²) in [6, 6.07) is 25.7. The molecule has 160 valence electrons. The second-order valence-electron chi connectivity index (χ2n) is 8.19. The van der Waals surface area contributed by atoms with Crippen molar-refractivity contribution in [3.05, 3.63) is 118 Å². The molecule has 0 saturated heterocycles. The van der Waals surface area contributed by atoms with Crippen LogP contribution in [0, 0.1) is 13.8 Å². The number of aryl methyl sites for hydroxylation is 1. The molecular formula is C27H24ClN3O. The lowest BCUT2D eigenvalue weighted by Gasteiger charge is -2.31. The molecule has 0 saturated carbocycles. The van der Waals surface area contributed by atoms with E-state index in [1.54, 1.807) is 0 Å². The fourth-order valence-corrected chi connectivity index (χ4v) is 4.53. The van der Waals surface area contributed by atoms with Gasteiger partial charge in [-0.3, -0.25) is 0 Å². The second-order valence-corrected chi connectivity index (χ2v) is 8.63. The van der Waals surface area contributed by atoms with Crippen LogP contribution in [0.4, 0.5) is 10.5 Å². The standard InChI is InChI=1S/C27H24ClN3O/c1-18-7-5-9-23(19(18)2)29-27(32)31-17-21-8-3-4-10-24(21)30-16-6-11-25(30)26(31)20-12-14-22(28)15-13-20/h3-16,26H,17H2,1-2H3,(H,29,32)/t26-/m1/s1. The summed E-state index contributed by atoms with van der Waals surface area (Å²) >= 11 is 6.18. The maximum Gasteiger partial charge on any atom is 0.322 e. The Morgan fingerprint density at radius 2 is 1.72 bits per heavy atom. The topological polar surface area (TPSA) is 37.3 Å². The molecule has 4 aromatic rings. The number of hydrogen-bond donors (Lipinski definition) is 1. The molecule has 0 radical (unpaired) electrons. The number of anilines is 1. The maximum absolute atomic E-state index is 13.8. The van der Waals surface area contributed by atoms with E-state index >= 15 is 0 Å². The molecule has 5 rings (SSSR count). The number of halogens is 1. The Labute approximate surface area is 193 Å². The molecule has 1 N–H and O–H groups in total. The second kappa shape index (κ2) is 8.21. The molecule has 1 atom stereocenters. The fourth-order valence-electron chi connectivity index (χ4n) is 4.41. The highest BCUT2D eigenvalue weighted by atomic mass is 35.5. The summed E-state index contributed by atoms with van der Waals surface area (Å²) in [4.78, 5) is 15.7. The number of aromatic nitrogens is 1. The van der Waals surface area contributed by atoms with E-state index in [0.717, 1.165) is 39.3 Å². The number of carbonyl (C=O) groups excluding carboxylic acids is 1. The van der Waals surface area contributed by atoms with E-state index in [1.165, 1.54) is 0 Å². The molecule has 0 spiro atoms. The summed E-state index contributed by atoms with van der Waals surface area (Å²) in [5.41, 5.74) is 7.28. The van der Waals surface area contributed by atoms with Gasteiger partial charge in [-0.15, -0.1) is 0 Å². The molecule has 3 aromatic carbocycles. The number of hydrogen-bond acceptors (Lipinski definition) is 1. The third-order valence-electron chi connectivity index (χ3n) is 6.26. The highest BCUT2D eigenvalue weighted by Gasteiger charge is 2.33. The summed E-state index contributed by atoms with van der Waals surface area (Å²) in [7, 11) is 0. The first-order chi connectivity index (χ1) is 15.5. The van der Waals surface area contributed by atoms with Crippen molar-refractivity contribution in [2.24, 2.45) is 0 Å². The molecule has 1 aliphatic heterocycles. The molecule has 1 aliphatic rings. The first-order valence-electron chi connectivity index (χ1n) is 10.7. The number of amides is 2. The fraction of sp³-hybridized carbons (Fsp3) is 0.148. The van der Waals surface area contributed by atoms with E-state index in [9.17, 15) is 4.79 Å². The minimum absolute atomic E-state index is 0.136. The number of para-hydroxylation sites is 1. The summed E-state index contributed by atoms with van der Waals surface area (Å²) in [5, 5.41) is 3.84. The van der Waals surface area contributed by atoms with Crippen LogP contribution in [-0.4, -0.2) is 15.5 Å². The highest BCUT2D eigenvalue weighted by molar-refractivity contribution is 6.30. The zero-order chi connectivity index (χ0) is 22.2. The van der Waals surface area contributed by atoms with Crippen molar-refractivity contribution in [3.8, 4) is 5.69 Å². The molecular weight excluding hydrogens is 418 g/mol. The summed E-state index contributed by atoms with van der Waals surface area (Å²) in [6.45, 7) is 4.57. The van der Waals surface area contributed by atoms with Gasteiger partial charge in [0, 0.05) is 22.6 Å². The summed E-state index contributed by atoms with van der Waals surface area (Å²) < 4.78 is 2.18. The predicted molar refractivity (Wildman–Crippen MR) is 130 cm³/mol. The lowest BCUT2D eigenvalue weighted by Crippen LogP contribution is -2.38. The Hall–Kier alpha value is -3.50. The average Bonchev–Trinajstić information content (AvgIpc) is 3.22. The van der Waals surface area contributed by atoms with Crippen LogP contribution in [0.25, 0.3) is 5.69 Å². The summed E-state index contributed by atoms with van der Waals surface area (Å²) in [5.74, 6) is 0. The Morgan fingerprint density at radius 1 is 0.938 bits per heavy atom. The molecule has 2 heterocycles. The number of rotatable bonds is 2. The highest BCUT2D eigenvalue weighted by Crippen LogP contribution is 2.37. The summed E-state index contributed by atoms with van der Waals surface area (Å²) in [6.07, 6.45) is 2.06. The molecule has 1 aromatic heterocycles. The normalized spacial score (nSPS) is 15.0. The number of nitrogens with one attached hydrogen (secondary N) is 1. The number of carbonyl (C=O) groups is 1. The maximum atomic E-state index is 13.8. The molecule has 0 aliphatic carbocycles. The van der Waals surface area contributed by atoms with Crippen molar-refractivity contribution in [3.63, 3.8) is 0 Å². The number of fused-ring (bicyclic) bond motifs is 3. The van der Waals surface area contributed by atoms with E-state index in [2.05, 4.69) is 47.3 Å². The van der Waals surface area contributed by atoms with Gasteiger partial charge in [-0.25, -0.2) is 4.79 Å². The van der Waals surface area contributed by atoms with Crippen LogP contribution in [0.5, 0.6) is 0 Å². The van der Waals surface area contributed by atoms with Crippen LogP contribution in [0.3, 0.4) is 0 Å². The van der Waals surface area contributed by atoms with Crippen molar-refractivity contribution >= 4 is 23.3 Å².